The van der Waals surface area contributed by atoms with E-state index in [0.717, 1.165) is 30.2 Å². The van der Waals surface area contributed by atoms with Crippen molar-refractivity contribution >= 4 is 39.6 Å². The van der Waals surface area contributed by atoms with Crippen LogP contribution in [0, 0.1) is 0 Å². The van der Waals surface area contributed by atoms with E-state index in [2.05, 4.69) is 15.7 Å². The molecule has 0 saturated heterocycles. The number of methoxy groups -OCH3 is 1. The lowest BCUT2D eigenvalue weighted by Crippen LogP contribution is -2.30. The smallest absolute Gasteiger partial charge is 0.435 e. The normalized spacial score (nSPS) is 13.9. The number of nitrogens with zero attached hydrogens (tertiary/aromatic N) is 2. The number of thiocarbonyl (C=S) groups is 1. The topological polar surface area (TPSA) is 68.2 Å². The predicted molar refractivity (Wildman–Crippen MR) is 113 cm³/mol. The summed E-state index contributed by atoms with van der Waals surface area (Å²) in [6.45, 7) is 2.81. The lowest BCUT2D eigenvalue weighted by Gasteiger charge is -2.11. The second-order valence-electron chi connectivity index (χ2n) is 6.98. The Kier molecular flexibility index (Phi) is 7.02. The minimum atomic E-state index is -4.44. The molecule has 0 aromatic carbocycles. The molecule has 6 nitrogen and oxygen atoms in total. The number of halogens is 3. The Morgan fingerprint density at radius 3 is 2.73 bits per heavy atom. The van der Waals surface area contributed by atoms with Crippen molar-refractivity contribution in [1.82, 2.24) is 15.1 Å². The van der Waals surface area contributed by atoms with E-state index in [0.29, 0.717) is 40.9 Å². The van der Waals surface area contributed by atoms with Gasteiger partial charge in [0.2, 0.25) is 0 Å². The largest absolute Gasteiger partial charge is 0.465 e. The first-order chi connectivity index (χ1) is 14.2. The summed E-state index contributed by atoms with van der Waals surface area (Å²) >= 11 is 6.71. The molecule has 2 heterocycles. The van der Waals surface area contributed by atoms with E-state index in [-0.39, 0.29) is 5.92 Å². The van der Waals surface area contributed by atoms with Crippen molar-refractivity contribution in [3.63, 3.8) is 0 Å². The van der Waals surface area contributed by atoms with Gasteiger partial charge in [-0.1, -0.05) is 6.92 Å². The molecule has 1 fully saturated rings. The summed E-state index contributed by atoms with van der Waals surface area (Å²) in [6, 6.07) is 2.94. The van der Waals surface area contributed by atoms with Gasteiger partial charge in [0.25, 0.3) is 0 Å². The van der Waals surface area contributed by atoms with Gasteiger partial charge < -0.3 is 15.4 Å². The Morgan fingerprint density at radius 2 is 2.13 bits per heavy atom. The molecule has 11 heteroatoms. The molecule has 164 valence electrons. The number of anilines is 1. The second kappa shape index (κ2) is 9.34. The van der Waals surface area contributed by atoms with Gasteiger partial charge >= 0.3 is 12.1 Å². The number of nitrogens with one attached hydrogen (secondary N) is 2. The molecule has 0 unspecified atom stereocenters. The van der Waals surface area contributed by atoms with Gasteiger partial charge in [0.05, 0.1) is 12.7 Å². The second-order valence-corrected chi connectivity index (χ2v) is 8.53. The van der Waals surface area contributed by atoms with Gasteiger partial charge in [0.1, 0.15) is 5.00 Å². The Morgan fingerprint density at radius 1 is 1.40 bits per heavy atom. The molecule has 1 aliphatic carbocycles. The summed E-state index contributed by atoms with van der Waals surface area (Å²) < 4.78 is 45.1. The van der Waals surface area contributed by atoms with Gasteiger partial charge in [-0.3, -0.25) is 4.68 Å². The Balaban J connectivity index is 1.53. The number of thiophene rings is 1. The zero-order valence-corrected chi connectivity index (χ0v) is 18.3. The molecular weight excluding hydrogens is 437 g/mol. The number of rotatable bonds is 8. The molecule has 3 rings (SSSR count). The zero-order valence-electron chi connectivity index (χ0n) is 16.6. The Bertz CT molecular complexity index is 920. The highest BCUT2D eigenvalue weighted by Crippen LogP contribution is 2.42. The van der Waals surface area contributed by atoms with Crippen LogP contribution in [0.4, 0.5) is 18.2 Å². The molecule has 2 N–H and O–H groups in total. The van der Waals surface area contributed by atoms with Crippen LogP contribution in [0.2, 0.25) is 0 Å². The number of hydrogen-bond acceptors (Lipinski definition) is 5. The van der Waals surface area contributed by atoms with E-state index < -0.39 is 17.8 Å². The molecule has 0 spiro atoms. The maximum atomic E-state index is 13.0. The summed E-state index contributed by atoms with van der Waals surface area (Å²) in [5.74, 6) is -0.268. The first kappa shape index (κ1) is 22.5. The molecule has 0 aliphatic heterocycles. The fourth-order valence-electron chi connectivity index (χ4n) is 3.01. The molecule has 2 aromatic heterocycles. The van der Waals surface area contributed by atoms with Gasteiger partial charge in [-0.25, -0.2) is 4.79 Å². The van der Waals surface area contributed by atoms with E-state index in [1.54, 1.807) is 6.07 Å². The number of esters is 1. The third kappa shape index (κ3) is 5.51. The van der Waals surface area contributed by atoms with Crippen molar-refractivity contribution in [2.24, 2.45) is 0 Å². The fraction of sp³-hybridized carbons (Fsp3) is 0.526. The van der Waals surface area contributed by atoms with Crippen molar-refractivity contribution in [1.29, 1.82) is 0 Å². The van der Waals surface area contributed by atoms with E-state index in [4.69, 9.17) is 17.0 Å². The number of aromatic nitrogens is 2. The molecule has 0 radical (unpaired) electrons. The SMILES string of the molecule is CCc1cc(C(=O)OC)c(NC(=S)NCCCn2nc(C(F)(F)F)cc2C2CC2)s1. The van der Waals surface area contributed by atoms with Crippen molar-refractivity contribution in [2.45, 2.75) is 51.2 Å². The van der Waals surface area contributed by atoms with Crippen molar-refractivity contribution < 1.29 is 22.7 Å². The monoisotopic (exact) mass is 460 g/mol. The van der Waals surface area contributed by atoms with Gasteiger partial charge in [-0.05, 0) is 50.0 Å². The van der Waals surface area contributed by atoms with E-state index in [9.17, 15) is 18.0 Å². The molecule has 1 saturated carbocycles. The molecule has 0 atom stereocenters. The van der Waals surface area contributed by atoms with Crippen LogP contribution in [-0.2, 0) is 23.9 Å². The average Bonchev–Trinajstić information content (AvgIpc) is 3.31. The van der Waals surface area contributed by atoms with Crippen molar-refractivity contribution in [3.8, 4) is 0 Å². The number of ether oxygens (including phenoxy) is 1. The van der Waals surface area contributed by atoms with Crippen molar-refractivity contribution in [2.75, 3.05) is 19.0 Å². The van der Waals surface area contributed by atoms with Crippen LogP contribution in [0.15, 0.2) is 12.1 Å². The van der Waals surface area contributed by atoms with Gasteiger partial charge in [0.15, 0.2) is 10.8 Å². The molecular formula is C19H23F3N4O2S2. The Labute approximate surface area is 181 Å². The molecule has 0 bridgehead atoms. The van der Waals surface area contributed by atoms with E-state index >= 15 is 0 Å². The number of aryl methyl sites for hydroxylation is 2. The van der Waals surface area contributed by atoms with Crippen molar-refractivity contribution in [3.05, 3.63) is 34.0 Å². The van der Waals surface area contributed by atoms with E-state index in [1.165, 1.54) is 23.1 Å². The number of alkyl halides is 3. The van der Waals surface area contributed by atoms with Crippen LogP contribution in [0.3, 0.4) is 0 Å². The third-order valence-corrected chi connectivity index (χ3v) is 6.13. The summed E-state index contributed by atoms with van der Waals surface area (Å²) in [5, 5.41) is 10.7. The summed E-state index contributed by atoms with van der Waals surface area (Å²) in [4.78, 5) is 12.9. The Hall–Kier alpha value is -2.14. The first-order valence-electron chi connectivity index (χ1n) is 9.63. The molecule has 1 aliphatic rings. The highest BCUT2D eigenvalue weighted by molar-refractivity contribution is 7.80. The minimum Gasteiger partial charge on any atom is -0.465 e. The van der Waals surface area contributed by atoms with Crippen LogP contribution in [0.1, 0.15) is 58.7 Å². The highest BCUT2D eigenvalue weighted by Gasteiger charge is 2.37. The standard InChI is InChI=1S/C19H23F3N4O2S2/c1-3-12-9-13(17(27)28-2)16(30-12)24-18(29)23-7-4-8-26-14(11-5-6-11)10-15(25-26)19(20,21)22/h9-11H,3-8H2,1-2H3,(H2,23,24,29). The molecule has 30 heavy (non-hydrogen) atoms. The predicted octanol–water partition coefficient (Wildman–Crippen LogP) is 4.57. The average molecular weight is 461 g/mol. The van der Waals surface area contributed by atoms with Crippen LogP contribution in [0.5, 0.6) is 0 Å². The van der Waals surface area contributed by atoms with Crippen LogP contribution in [0.25, 0.3) is 0 Å². The first-order valence-corrected chi connectivity index (χ1v) is 10.9. The summed E-state index contributed by atoms with van der Waals surface area (Å²) in [6.07, 6.45) is -1.30. The minimum absolute atomic E-state index is 0.174. The highest BCUT2D eigenvalue weighted by atomic mass is 32.1. The maximum absolute atomic E-state index is 13.0. The lowest BCUT2D eigenvalue weighted by molar-refractivity contribution is -0.141. The number of carbonyl (C=O) groups excluding carboxylic acids is 1. The van der Waals surface area contributed by atoms with Crippen LogP contribution >= 0.6 is 23.6 Å². The van der Waals surface area contributed by atoms with Crippen LogP contribution in [-0.4, -0.2) is 34.5 Å². The van der Waals surface area contributed by atoms with E-state index in [1.807, 2.05) is 6.92 Å². The quantitative estimate of drug-likeness (QED) is 0.342. The van der Waals surface area contributed by atoms with Crippen LogP contribution < -0.4 is 10.6 Å². The van der Waals surface area contributed by atoms with Gasteiger partial charge in [-0.15, -0.1) is 11.3 Å². The third-order valence-electron chi connectivity index (χ3n) is 4.69. The zero-order chi connectivity index (χ0) is 21.9. The summed E-state index contributed by atoms with van der Waals surface area (Å²) in [7, 11) is 1.32. The molecule has 2 aromatic rings. The van der Waals surface area contributed by atoms with Gasteiger partial charge in [0, 0.05) is 29.6 Å². The number of carbonyl (C=O) groups is 1. The summed E-state index contributed by atoms with van der Waals surface area (Å²) in [5.41, 5.74) is 0.236. The fourth-order valence-corrected chi connectivity index (χ4v) is 4.26. The van der Waals surface area contributed by atoms with Gasteiger partial charge in [-0.2, -0.15) is 18.3 Å². The number of hydrogen-bond donors (Lipinski definition) is 2. The molecule has 0 amide bonds. The maximum Gasteiger partial charge on any atom is 0.435 e. The lowest BCUT2D eigenvalue weighted by atomic mass is 10.2.